The number of aromatic nitrogens is 4. The van der Waals surface area contributed by atoms with Crippen LogP contribution in [0.2, 0.25) is 0 Å². The van der Waals surface area contributed by atoms with Gasteiger partial charge in [0.15, 0.2) is 5.82 Å². The molecule has 2 aromatic rings. The molecule has 20 heavy (non-hydrogen) atoms. The van der Waals surface area contributed by atoms with Crippen molar-refractivity contribution in [3.05, 3.63) is 22.7 Å². The number of anilines is 1. The smallest absolute Gasteiger partial charge is 0.180 e. The summed E-state index contributed by atoms with van der Waals surface area (Å²) in [4.78, 5) is 13.4. The minimum absolute atomic E-state index is 0.102. The zero-order valence-electron chi connectivity index (χ0n) is 11.9. The van der Waals surface area contributed by atoms with E-state index in [2.05, 4.69) is 51.2 Å². The molecule has 0 aliphatic heterocycles. The van der Waals surface area contributed by atoms with Crippen LogP contribution in [0.25, 0.3) is 11.5 Å². The first-order valence-corrected chi connectivity index (χ1v) is 7.53. The van der Waals surface area contributed by atoms with E-state index in [0.29, 0.717) is 17.7 Å². The Morgan fingerprint density at radius 3 is 2.60 bits per heavy atom. The first-order valence-electron chi connectivity index (χ1n) is 6.73. The van der Waals surface area contributed by atoms with Gasteiger partial charge < -0.3 is 10.3 Å². The second kappa shape index (κ2) is 4.55. The maximum absolute atomic E-state index is 6.04. The fraction of sp³-hybridized carbons (Fsp3) is 0.500. The number of rotatable bonds is 2. The predicted octanol–water partition coefficient (Wildman–Crippen LogP) is 3.32. The van der Waals surface area contributed by atoms with Crippen molar-refractivity contribution in [2.75, 3.05) is 5.73 Å². The number of hydrogen-bond donors (Lipinski definition) is 1. The van der Waals surface area contributed by atoms with Crippen molar-refractivity contribution in [1.82, 2.24) is 19.5 Å². The Morgan fingerprint density at radius 2 is 2.00 bits per heavy atom. The predicted molar refractivity (Wildman–Crippen MR) is 82.3 cm³/mol. The average molecular weight is 336 g/mol. The lowest BCUT2D eigenvalue weighted by molar-refractivity contribution is 0.564. The van der Waals surface area contributed by atoms with Crippen molar-refractivity contribution >= 4 is 21.7 Å². The molecule has 106 valence electrons. The largest absolute Gasteiger partial charge is 0.383 e. The maximum atomic E-state index is 6.04. The standard InChI is InChI=1S/C14H18BrN5/c1-14(2,3)11-10(15)12(16)19-13(18-11)9-6-17-7-20(9)8-4-5-8/h6-8H,4-5H2,1-3H3,(H2,16,18,19). The van der Waals surface area contributed by atoms with Gasteiger partial charge in [0.1, 0.15) is 11.5 Å². The molecule has 2 N–H and O–H groups in total. The molecular formula is C14H18BrN5. The number of nitrogens with zero attached hydrogens (tertiary/aromatic N) is 4. The lowest BCUT2D eigenvalue weighted by Gasteiger charge is -2.21. The topological polar surface area (TPSA) is 69.6 Å². The first-order chi connectivity index (χ1) is 9.38. The number of hydrogen-bond acceptors (Lipinski definition) is 4. The molecule has 0 aromatic carbocycles. The van der Waals surface area contributed by atoms with Crippen LogP contribution >= 0.6 is 15.9 Å². The summed E-state index contributed by atoms with van der Waals surface area (Å²) < 4.78 is 2.93. The summed E-state index contributed by atoms with van der Waals surface area (Å²) in [7, 11) is 0. The van der Waals surface area contributed by atoms with Gasteiger partial charge in [0.05, 0.1) is 22.7 Å². The monoisotopic (exact) mass is 335 g/mol. The molecule has 0 radical (unpaired) electrons. The zero-order chi connectivity index (χ0) is 14.5. The third-order valence-electron chi connectivity index (χ3n) is 3.42. The highest BCUT2D eigenvalue weighted by molar-refractivity contribution is 9.10. The average Bonchev–Trinajstić information content (AvgIpc) is 3.09. The molecule has 3 rings (SSSR count). The summed E-state index contributed by atoms with van der Waals surface area (Å²) in [6, 6.07) is 0.541. The van der Waals surface area contributed by atoms with Crippen LogP contribution in [-0.4, -0.2) is 19.5 Å². The van der Waals surface area contributed by atoms with Gasteiger partial charge in [-0.05, 0) is 28.8 Å². The molecule has 0 amide bonds. The first kappa shape index (κ1) is 13.5. The van der Waals surface area contributed by atoms with Crippen LogP contribution in [0.1, 0.15) is 45.3 Å². The molecule has 0 atom stereocenters. The van der Waals surface area contributed by atoms with Gasteiger partial charge >= 0.3 is 0 Å². The van der Waals surface area contributed by atoms with E-state index in [1.54, 1.807) is 0 Å². The third-order valence-corrected chi connectivity index (χ3v) is 4.20. The number of nitrogens with two attached hydrogens (primary N) is 1. The van der Waals surface area contributed by atoms with E-state index in [1.807, 2.05) is 12.5 Å². The summed E-state index contributed by atoms with van der Waals surface area (Å²) in [5.41, 5.74) is 7.80. The fourth-order valence-electron chi connectivity index (χ4n) is 2.20. The molecule has 0 unspecified atom stereocenters. The Hall–Kier alpha value is -1.43. The second-order valence-corrected chi connectivity index (χ2v) is 7.06. The van der Waals surface area contributed by atoms with Crippen LogP contribution in [0.3, 0.4) is 0 Å². The quantitative estimate of drug-likeness (QED) is 0.913. The Bertz CT molecular complexity index is 652. The SMILES string of the molecule is CC(C)(C)c1nc(-c2cncn2C2CC2)nc(N)c1Br. The third kappa shape index (κ3) is 2.32. The van der Waals surface area contributed by atoms with Gasteiger partial charge in [-0.15, -0.1) is 0 Å². The normalized spacial score (nSPS) is 15.6. The van der Waals surface area contributed by atoms with Gasteiger partial charge in [0.25, 0.3) is 0 Å². The summed E-state index contributed by atoms with van der Waals surface area (Å²) >= 11 is 3.50. The van der Waals surface area contributed by atoms with Crippen molar-refractivity contribution in [3.8, 4) is 11.5 Å². The van der Waals surface area contributed by atoms with Gasteiger partial charge in [-0.3, -0.25) is 0 Å². The molecule has 1 aliphatic rings. The molecule has 2 aromatic heterocycles. The lowest BCUT2D eigenvalue weighted by Crippen LogP contribution is -2.17. The van der Waals surface area contributed by atoms with Gasteiger partial charge in [0, 0.05) is 11.5 Å². The Labute approximate surface area is 126 Å². The Morgan fingerprint density at radius 1 is 1.30 bits per heavy atom. The van der Waals surface area contributed by atoms with Crippen LogP contribution in [0.5, 0.6) is 0 Å². The minimum Gasteiger partial charge on any atom is -0.383 e. The van der Waals surface area contributed by atoms with Crippen LogP contribution < -0.4 is 5.73 Å². The second-order valence-electron chi connectivity index (χ2n) is 6.26. The van der Waals surface area contributed by atoms with Crippen LogP contribution in [-0.2, 0) is 5.41 Å². The lowest BCUT2D eigenvalue weighted by atomic mass is 9.92. The number of nitrogen functional groups attached to an aromatic ring is 1. The molecular weight excluding hydrogens is 318 g/mol. The van der Waals surface area contributed by atoms with E-state index in [1.165, 1.54) is 12.8 Å². The molecule has 5 nitrogen and oxygen atoms in total. The Kier molecular flexibility index (Phi) is 3.08. The van der Waals surface area contributed by atoms with Crippen LogP contribution in [0, 0.1) is 0 Å². The van der Waals surface area contributed by atoms with Gasteiger partial charge in [-0.25, -0.2) is 15.0 Å². The summed E-state index contributed by atoms with van der Waals surface area (Å²) in [6.07, 6.45) is 6.06. The number of halogens is 1. The van der Waals surface area contributed by atoms with Crippen molar-refractivity contribution in [1.29, 1.82) is 0 Å². The van der Waals surface area contributed by atoms with Crippen molar-refractivity contribution in [3.63, 3.8) is 0 Å². The maximum Gasteiger partial charge on any atom is 0.180 e. The van der Waals surface area contributed by atoms with Gasteiger partial charge in [0.2, 0.25) is 0 Å². The zero-order valence-corrected chi connectivity index (χ0v) is 13.5. The van der Waals surface area contributed by atoms with Gasteiger partial charge in [-0.2, -0.15) is 0 Å². The number of imidazole rings is 1. The molecule has 1 fully saturated rings. The fourth-order valence-corrected chi connectivity index (χ4v) is 2.97. The van der Waals surface area contributed by atoms with E-state index < -0.39 is 0 Å². The Balaban J connectivity index is 2.14. The summed E-state index contributed by atoms with van der Waals surface area (Å²) in [6.45, 7) is 6.34. The minimum atomic E-state index is -0.102. The van der Waals surface area contributed by atoms with Gasteiger partial charge in [-0.1, -0.05) is 20.8 Å². The van der Waals surface area contributed by atoms with E-state index in [-0.39, 0.29) is 5.41 Å². The molecule has 6 heteroatoms. The van der Waals surface area contributed by atoms with Crippen molar-refractivity contribution in [2.24, 2.45) is 0 Å². The summed E-state index contributed by atoms with van der Waals surface area (Å²) in [5, 5.41) is 0. The van der Waals surface area contributed by atoms with Crippen molar-refractivity contribution < 1.29 is 0 Å². The molecule has 1 aliphatic carbocycles. The van der Waals surface area contributed by atoms with E-state index >= 15 is 0 Å². The molecule has 1 saturated carbocycles. The highest BCUT2D eigenvalue weighted by atomic mass is 79.9. The molecule has 0 bridgehead atoms. The van der Waals surface area contributed by atoms with Crippen molar-refractivity contribution in [2.45, 2.75) is 45.1 Å². The van der Waals surface area contributed by atoms with E-state index in [0.717, 1.165) is 15.9 Å². The summed E-state index contributed by atoms with van der Waals surface area (Å²) in [5.74, 6) is 1.13. The molecule has 2 heterocycles. The van der Waals surface area contributed by atoms with E-state index in [9.17, 15) is 0 Å². The van der Waals surface area contributed by atoms with Crippen LogP contribution in [0.15, 0.2) is 17.0 Å². The molecule has 0 spiro atoms. The van der Waals surface area contributed by atoms with Crippen LogP contribution in [0.4, 0.5) is 5.82 Å². The molecule has 0 saturated heterocycles. The van der Waals surface area contributed by atoms with E-state index in [4.69, 9.17) is 10.7 Å². The highest BCUT2D eigenvalue weighted by Gasteiger charge is 2.28. The highest BCUT2D eigenvalue weighted by Crippen LogP contribution is 2.39.